The zero-order valence-corrected chi connectivity index (χ0v) is 8.85. The van der Waals surface area contributed by atoms with Gasteiger partial charge in [0.05, 0.1) is 0 Å². The van der Waals surface area contributed by atoms with Gasteiger partial charge >= 0.3 is 0 Å². The van der Waals surface area contributed by atoms with Crippen molar-refractivity contribution in [2.45, 2.75) is 4.90 Å². The Morgan fingerprint density at radius 3 is 2.93 bits per heavy atom. The van der Waals surface area contributed by atoms with E-state index in [1.165, 1.54) is 11.8 Å². The molecule has 1 heterocycles. The molecule has 2 rings (SSSR count). The molecule has 0 aliphatic rings. The fraction of sp³-hybridized carbons (Fsp3) is 0. The Kier molecular flexibility index (Phi) is 2.96. The van der Waals surface area contributed by atoms with E-state index < -0.39 is 0 Å². The van der Waals surface area contributed by atoms with Crippen LogP contribution >= 0.6 is 23.1 Å². The van der Waals surface area contributed by atoms with Gasteiger partial charge in [-0.1, -0.05) is 30.0 Å². The molecule has 0 radical (unpaired) electrons. The smallest absolute Gasteiger partial charge is 0.180 e. The highest BCUT2D eigenvalue weighted by atomic mass is 32.2. The van der Waals surface area contributed by atoms with Gasteiger partial charge in [0.25, 0.3) is 0 Å². The number of thiazole rings is 1. The van der Waals surface area contributed by atoms with Crippen molar-refractivity contribution in [2.24, 2.45) is 0 Å². The molecule has 0 bridgehead atoms. The predicted molar refractivity (Wildman–Crippen MR) is 60.2 cm³/mol. The summed E-state index contributed by atoms with van der Waals surface area (Å²) >= 11 is 2.76. The number of hydrogen-bond donors (Lipinski definition) is 0. The molecule has 0 fully saturated rings. The van der Waals surface area contributed by atoms with E-state index in [0.29, 0.717) is 0 Å². The van der Waals surface area contributed by atoms with E-state index in [2.05, 4.69) is 4.98 Å². The summed E-state index contributed by atoms with van der Waals surface area (Å²) in [6, 6.07) is 7.77. The van der Waals surface area contributed by atoms with E-state index in [-0.39, 0.29) is 0 Å². The second-order valence-electron chi connectivity index (χ2n) is 2.55. The first-order valence-corrected chi connectivity index (χ1v) is 5.77. The Morgan fingerprint density at radius 1 is 1.36 bits per heavy atom. The summed E-state index contributed by atoms with van der Waals surface area (Å²) in [4.78, 5) is 15.6. The minimum absolute atomic E-state index is 0.840. The molecular formula is C10H7NOS2. The minimum Gasteiger partial charge on any atom is -0.291 e. The summed E-state index contributed by atoms with van der Waals surface area (Å²) < 4.78 is 0. The lowest BCUT2D eigenvalue weighted by Gasteiger charge is -2.01. The molecule has 0 aliphatic heterocycles. The van der Waals surface area contributed by atoms with Gasteiger partial charge in [-0.3, -0.25) is 4.79 Å². The van der Waals surface area contributed by atoms with Crippen LogP contribution in [0.3, 0.4) is 0 Å². The second-order valence-corrected chi connectivity index (χ2v) is 4.31. The van der Waals surface area contributed by atoms with Crippen molar-refractivity contribution in [3.05, 3.63) is 35.8 Å². The van der Waals surface area contributed by atoms with Crippen molar-refractivity contribution in [3.63, 3.8) is 0 Å². The number of carbonyl (C=O) groups is 1. The van der Waals surface area contributed by atoms with Gasteiger partial charge in [-0.25, -0.2) is 4.98 Å². The zero-order valence-electron chi connectivity index (χ0n) is 7.21. The molecule has 1 aromatic heterocycles. The number of thioether (sulfide) groups is 1. The molecule has 0 unspecified atom stereocenters. The number of hydrogen-bond acceptors (Lipinski definition) is 4. The molecule has 0 amide bonds. The fourth-order valence-corrected chi connectivity index (χ4v) is 2.45. The molecule has 2 aromatic rings. The predicted octanol–water partition coefficient (Wildman–Crippen LogP) is 3.09. The third-order valence-electron chi connectivity index (χ3n) is 1.72. The van der Waals surface area contributed by atoms with Crippen molar-refractivity contribution in [3.8, 4) is 10.6 Å². The van der Waals surface area contributed by atoms with E-state index in [1.54, 1.807) is 17.5 Å². The van der Waals surface area contributed by atoms with Gasteiger partial charge in [-0.05, 0) is 6.07 Å². The van der Waals surface area contributed by atoms with Crippen LogP contribution in [-0.2, 0) is 4.79 Å². The van der Waals surface area contributed by atoms with Gasteiger partial charge < -0.3 is 0 Å². The molecule has 0 saturated heterocycles. The molecule has 0 spiro atoms. The lowest BCUT2D eigenvalue weighted by Crippen LogP contribution is -1.80. The van der Waals surface area contributed by atoms with Crippen molar-refractivity contribution in [2.75, 3.05) is 0 Å². The molecule has 2 nitrogen and oxygen atoms in total. The Labute approximate surface area is 90.0 Å². The lowest BCUT2D eigenvalue weighted by atomic mass is 10.2. The molecule has 0 N–H and O–H groups in total. The van der Waals surface area contributed by atoms with Gasteiger partial charge in [-0.2, -0.15) is 0 Å². The molecule has 0 atom stereocenters. The third kappa shape index (κ3) is 1.86. The number of benzene rings is 1. The maximum atomic E-state index is 10.4. The van der Waals surface area contributed by atoms with Crippen LogP contribution in [-0.4, -0.2) is 10.6 Å². The average molecular weight is 221 g/mol. The number of rotatable bonds is 3. The number of nitrogens with zero attached hydrogens (tertiary/aromatic N) is 1. The summed E-state index contributed by atoms with van der Waals surface area (Å²) in [5.74, 6) is 0. The van der Waals surface area contributed by atoms with Gasteiger partial charge in [0.1, 0.15) is 5.01 Å². The van der Waals surface area contributed by atoms with E-state index in [4.69, 9.17) is 0 Å². The van der Waals surface area contributed by atoms with Gasteiger partial charge in [0.15, 0.2) is 5.62 Å². The standard InChI is InChI=1S/C10H7NOS2/c12-7-14-9-4-2-1-3-8(9)10-11-5-6-13-10/h1-7H. The van der Waals surface area contributed by atoms with Crippen LogP contribution in [0.2, 0.25) is 0 Å². The van der Waals surface area contributed by atoms with E-state index in [9.17, 15) is 4.79 Å². The van der Waals surface area contributed by atoms with Gasteiger partial charge in [0, 0.05) is 22.0 Å². The number of aromatic nitrogens is 1. The molecule has 70 valence electrons. The van der Waals surface area contributed by atoms with Crippen LogP contribution in [0.1, 0.15) is 0 Å². The van der Waals surface area contributed by atoms with Crippen LogP contribution in [0.4, 0.5) is 0 Å². The second kappa shape index (κ2) is 4.39. The summed E-state index contributed by atoms with van der Waals surface area (Å²) in [7, 11) is 0. The van der Waals surface area contributed by atoms with Gasteiger partial charge in [0.2, 0.25) is 0 Å². The quantitative estimate of drug-likeness (QED) is 0.589. The topological polar surface area (TPSA) is 30.0 Å². The summed E-state index contributed by atoms with van der Waals surface area (Å²) in [6.07, 6.45) is 1.77. The lowest BCUT2D eigenvalue weighted by molar-refractivity contribution is 0.570. The van der Waals surface area contributed by atoms with E-state index in [1.807, 2.05) is 29.6 Å². The number of carbonyl (C=O) groups excluding carboxylic acids is 1. The van der Waals surface area contributed by atoms with Crippen LogP contribution in [0.15, 0.2) is 40.7 Å². The molecule has 0 aliphatic carbocycles. The molecule has 4 heteroatoms. The maximum Gasteiger partial charge on any atom is 0.180 e. The first kappa shape index (κ1) is 9.43. The van der Waals surface area contributed by atoms with Crippen LogP contribution in [0.5, 0.6) is 0 Å². The highest BCUT2D eigenvalue weighted by Crippen LogP contribution is 2.31. The first-order valence-electron chi connectivity index (χ1n) is 4.01. The summed E-state index contributed by atoms with van der Waals surface area (Å²) in [6.45, 7) is 0. The highest BCUT2D eigenvalue weighted by Gasteiger charge is 2.06. The van der Waals surface area contributed by atoms with E-state index >= 15 is 0 Å². The third-order valence-corrected chi connectivity index (χ3v) is 3.24. The van der Waals surface area contributed by atoms with Crippen LogP contribution in [0, 0.1) is 0 Å². The van der Waals surface area contributed by atoms with Crippen molar-refractivity contribution in [1.29, 1.82) is 0 Å². The van der Waals surface area contributed by atoms with Crippen LogP contribution < -0.4 is 0 Å². The Bertz CT molecular complexity index is 425. The SMILES string of the molecule is O=CSc1ccccc1-c1nccs1. The molecule has 1 aromatic carbocycles. The monoisotopic (exact) mass is 221 g/mol. The molecule has 0 saturated carbocycles. The Hall–Kier alpha value is -1.13. The largest absolute Gasteiger partial charge is 0.291 e. The molecule has 14 heavy (non-hydrogen) atoms. The Balaban J connectivity index is 2.46. The van der Waals surface area contributed by atoms with E-state index in [0.717, 1.165) is 21.1 Å². The van der Waals surface area contributed by atoms with Gasteiger partial charge in [-0.15, -0.1) is 11.3 Å². The first-order chi connectivity index (χ1) is 6.92. The van der Waals surface area contributed by atoms with Crippen molar-refractivity contribution in [1.82, 2.24) is 4.98 Å². The average Bonchev–Trinajstić information content (AvgIpc) is 2.72. The van der Waals surface area contributed by atoms with Crippen LogP contribution in [0.25, 0.3) is 10.6 Å². The van der Waals surface area contributed by atoms with Crippen molar-refractivity contribution < 1.29 is 4.79 Å². The Morgan fingerprint density at radius 2 is 2.21 bits per heavy atom. The normalized spacial score (nSPS) is 10.0. The summed E-state index contributed by atoms with van der Waals surface area (Å²) in [5.41, 5.74) is 1.87. The molecular weight excluding hydrogens is 214 g/mol. The maximum absolute atomic E-state index is 10.4. The summed E-state index contributed by atoms with van der Waals surface area (Å²) in [5, 5.41) is 2.88. The highest BCUT2D eigenvalue weighted by molar-refractivity contribution is 8.12. The fourth-order valence-electron chi connectivity index (χ4n) is 1.15. The minimum atomic E-state index is 0.840. The van der Waals surface area contributed by atoms with Crippen molar-refractivity contribution >= 4 is 28.7 Å². The zero-order chi connectivity index (χ0) is 9.80.